The van der Waals surface area contributed by atoms with E-state index >= 15 is 0 Å². The van der Waals surface area contributed by atoms with E-state index < -0.39 is 17.6 Å². The molecule has 1 rings (SSSR count). The molecule has 0 aromatic heterocycles. The first-order chi connectivity index (χ1) is 7.81. The number of rotatable bonds is 5. The highest BCUT2D eigenvalue weighted by Crippen LogP contribution is 2.23. The van der Waals surface area contributed by atoms with Gasteiger partial charge in [0.1, 0.15) is 6.17 Å². The van der Waals surface area contributed by atoms with Crippen molar-refractivity contribution in [3.05, 3.63) is 35.4 Å². The number of carbonyl (C=O) groups is 1. The summed E-state index contributed by atoms with van der Waals surface area (Å²) in [7, 11) is 0. The Morgan fingerprint density at radius 2 is 2.00 bits per heavy atom. The third-order valence-corrected chi connectivity index (χ3v) is 2.73. The molecule has 0 aliphatic rings. The number of hydrogen-bond donors (Lipinski definition) is 1. The average Bonchev–Trinajstić information content (AvgIpc) is 2.15. The van der Waals surface area contributed by atoms with E-state index in [4.69, 9.17) is 5.11 Å². The zero-order valence-corrected chi connectivity index (χ0v) is 10.5. The SMILES string of the molecule is CC(F)Cc1cccc(CC(C)(C)C(=O)O)c1. The lowest BCUT2D eigenvalue weighted by Gasteiger charge is -2.19. The van der Waals surface area contributed by atoms with Gasteiger partial charge in [0.2, 0.25) is 0 Å². The molecule has 0 spiro atoms. The van der Waals surface area contributed by atoms with Crippen LogP contribution in [0.5, 0.6) is 0 Å². The van der Waals surface area contributed by atoms with E-state index in [1.165, 1.54) is 6.92 Å². The predicted octanol–water partition coefficient (Wildman–Crippen LogP) is 3.24. The van der Waals surface area contributed by atoms with Crippen LogP contribution in [0.4, 0.5) is 4.39 Å². The Morgan fingerprint density at radius 1 is 1.41 bits per heavy atom. The Kier molecular flexibility index (Phi) is 4.27. The van der Waals surface area contributed by atoms with Crippen molar-refractivity contribution >= 4 is 5.97 Å². The lowest BCUT2D eigenvalue weighted by atomic mass is 9.85. The molecule has 1 N–H and O–H groups in total. The van der Waals surface area contributed by atoms with Gasteiger partial charge in [-0.1, -0.05) is 24.3 Å². The molecule has 2 nitrogen and oxygen atoms in total. The molecule has 1 atom stereocenters. The summed E-state index contributed by atoms with van der Waals surface area (Å²) < 4.78 is 12.9. The van der Waals surface area contributed by atoms with Gasteiger partial charge in [-0.3, -0.25) is 4.79 Å². The smallest absolute Gasteiger partial charge is 0.309 e. The number of aliphatic carboxylic acids is 1. The average molecular weight is 238 g/mol. The quantitative estimate of drug-likeness (QED) is 0.855. The van der Waals surface area contributed by atoms with Gasteiger partial charge in [-0.2, -0.15) is 0 Å². The van der Waals surface area contributed by atoms with E-state index in [1.54, 1.807) is 13.8 Å². The van der Waals surface area contributed by atoms with Gasteiger partial charge in [0.05, 0.1) is 5.41 Å². The molecular formula is C14H19FO2. The normalized spacial score (nSPS) is 13.4. The van der Waals surface area contributed by atoms with Crippen molar-refractivity contribution in [2.75, 3.05) is 0 Å². The zero-order valence-electron chi connectivity index (χ0n) is 10.5. The highest BCUT2D eigenvalue weighted by Gasteiger charge is 2.27. The molecule has 1 aromatic carbocycles. The highest BCUT2D eigenvalue weighted by molar-refractivity contribution is 5.74. The van der Waals surface area contributed by atoms with Gasteiger partial charge in [0.25, 0.3) is 0 Å². The van der Waals surface area contributed by atoms with E-state index in [-0.39, 0.29) is 0 Å². The number of halogens is 1. The predicted molar refractivity (Wildman–Crippen MR) is 65.8 cm³/mol. The van der Waals surface area contributed by atoms with Crippen molar-refractivity contribution in [3.63, 3.8) is 0 Å². The summed E-state index contributed by atoms with van der Waals surface area (Å²) in [5.74, 6) is -0.818. The van der Waals surface area contributed by atoms with Crippen LogP contribution in [-0.4, -0.2) is 17.2 Å². The lowest BCUT2D eigenvalue weighted by Crippen LogP contribution is -2.26. The molecule has 0 saturated heterocycles. The first kappa shape index (κ1) is 13.7. The molecule has 0 radical (unpaired) electrons. The molecular weight excluding hydrogens is 219 g/mol. The third kappa shape index (κ3) is 4.17. The van der Waals surface area contributed by atoms with Gasteiger partial charge in [-0.05, 0) is 38.3 Å². The van der Waals surface area contributed by atoms with E-state index in [1.807, 2.05) is 24.3 Å². The molecule has 0 fully saturated rings. The maximum Gasteiger partial charge on any atom is 0.309 e. The molecule has 0 heterocycles. The summed E-state index contributed by atoms with van der Waals surface area (Å²) in [6.07, 6.45) is -0.0456. The first-order valence-electron chi connectivity index (χ1n) is 5.76. The van der Waals surface area contributed by atoms with Crippen molar-refractivity contribution in [2.45, 2.75) is 39.8 Å². The summed E-state index contributed by atoms with van der Waals surface area (Å²) in [5.41, 5.74) is 1.06. The van der Waals surface area contributed by atoms with Gasteiger partial charge in [0, 0.05) is 6.42 Å². The molecule has 94 valence electrons. The molecule has 0 amide bonds. The molecule has 1 aromatic rings. The molecule has 0 saturated carbocycles. The number of hydrogen-bond acceptors (Lipinski definition) is 1. The minimum absolute atomic E-state index is 0.376. The topological polar surface area (TPSA) is 37.3 Å². The number of carboxylic acids is 1. The van der Waals surface area contributed by atoms with Crippen LogP contribution in [0.25, 0.3) is 0 Å². The van der Waals surface area contributed by atoms with Gasteiger partial charge in [-0.25, -0.2) is 4.39 Å². The Balaban J connectivity index is 2.82. The maximum atomic E-state index is 12.9. The number of carboxylic acid groups (broad SMARTS) is 1. The first-order valence-corrected chi connectivity index (χ1v) is 5.76. The van der Waals surface area contributed by atoms with Crippen LogP contribution < -0.4 is 0 Å². The fourth-order valence-electron chi connectivity index (χ4n) is 1.78. The van der Waals surface area contributed by atoms with E-state index in [0.717, 1.165) is 11.1 Å². The standard InChI is InChI=1S/C14H19FO2/c1-10(15)7-11-5-4-6-12(8-11)9-14(2,3)13(16)17/h4-6,8,10H,7,9H2,1-3H3,(H,16,17). The summed E-state index contributed by atoms with van der Waals surface area (Å²) in [6, 6.07) is 7.50. The van der Waals surface area contributed by atoms with Crippen LogP contribution >= 0.6 is 0 Å². The Bertz CT molecular complexity index is 397. The molecule has 1 unspecified atom stereocenters. The fourth-order valence-corrected chi connectivity index (χ4v) is 1.78. The summed E-state index contributed by atoms with van der Waals surface area (Å²) in [5, 5.41) is 9.06. The van der Waals surface area contributed by atoms with Crippen molar-refractivity contribution in [3.8, 4) is 0 Å². The molecule has 0 aliphatic heterocycles. The van der Waals surface area contributed by atoms with Gasteiger partial charge >= 0.3 is 5.97 Å². The van der Waals surface area contributed by atoms with Crippen molar-refractivity contribution in [1.29, 1.82) is 0 Å². The maximum absolute atomic E-state index is 12.9. The van der Waals surface area contributed by atoms with Crippen LogP contribution in [0, 0.1) is 5.41 Å². The van der Waals surface area contributed by atoms with Gasteiger partial charge in [-0.15, -0.1) is 0 Å². The Labute approximate surface area is 101 Å². The monoisotopic (exact) mass is 238 g/mol. The second-order valence-corrected chi connectivity index (χ2v) is 5.17. The van der Waals surface area contributed by atoms with E-state index in [2.05, 4.69) is 0 Å². The Hall–Kier alpha value is -1.38. The highest BCUT2D eigenvalue weighted by atomic mass is 19.1. The summed E-state index contributed by atoms with van der Waals surface area (Å²) >= 11 is 0. The Morgan fingerprint density at radius 3 is 2.53 bits per heavy atom. The minimum atomic E-state index is -0.877. The number of benzene rings is 1. The second kappa shape index (κ2) is 5.30. The fraction of sp³-hybridized carbons (Fsp3) is 0.500. The molecule has 17 heavy (non-hydrogen) atoms. The van der Waals surface area contributed by atoms with Gasteiger partial charge < -0.3 is 5.11 Å². The van der Waals surface area contributed by atoms with Crippen LogP contribution in [0.2, 0.25) is 0 Å². The van der Waals surface area contributed by atoms with Gasteiger partial charge in [0.15, 0.2) is 0 Å². The van der Waals surface area contributed by atoms with Crippen LogP contribution in [0.1, 0.15) is 31.9 Å². The van der Waals surface area contributed by atoms with Crippen molar-refractivity contribution in [2.24, 2.45) is 5.41 Å². The summed E-state index contributed by atoms with van der Waals surface area (Å²) in [6.45, 7) is 4.91. The second-order valence-electron chi connectivity index (χ2n) is 5.17. The van der Waals surface area contributed by atoms with E-state index in [0.29, 0.717) is 12.8 Å². The van der Waals surface area contributed by atoms with E-state index in [9.17, 15) is 9.18 Å². The molecule has 3 heteroatoms. The van der Waals surface area contributed by atoms with Crippen molar-refractivity contribution in [1.82, 2.24) is 0 Å². The van der Waals surface area contributed by atoms with Crippen LogP contribution in [0.15, 0.2) is 24.3 Å². The van der Waals surface area contributed by atoms with Crippen LogP contribution in [-0.2, 0) is 17.6 Å². The minimum Gasteiger partial charge on any atom is -0.481 e. The van der Waals surface area contributed by atoms with Crippen molar-refractivity contribution < 1.29 is 14.3 Å². The lowest BCUT2D eigenvalue weighted by molar-refractivity contribution is -0.146. The largest absolute Gasteiger partial charge is 0.481 e. The third-order valence-electron chi connectivity index (χ3n) is 2.73. The zero-order chi connectivity index (χ0) is 13.1. The van der Waals surface area contributed by atoms with Crippen LogP contribution in [0.3, 0.4) is 0 Å². The molecule has 0 bridgehead atoms. The molecule has 0 aliphatic carbocycles. The summed E-state index contributed by atoms with van der Waals surface area (Å²) in [4.78, 5) is 11.0. The number of alkyl halides is 1.